The zero-order valence-corrected chi connectivity index (χ0v) is 28.0. The average Bonchev–Trinajstić information content (AvgIpc) is 3.60. The fourth-order valence-corrected chi connectivity index (χ4v) is 9.91. The largest absolute Gasteiger partial charge is 0.325 e. The predicted molar refractivity (Wildman–Crippen MR) is 186 cm³/mol. The van der Waals surface area contributed by atoms with Gasteiger partial charge < -0.3 is 10.2 Å². The predicted octanol–water partition coefficient (Wildman–Crippen LogP) is 5.24. The van der Waals surface area contributed by atoms with Crippen molar-refractivity contribution in [2.75, 3.05) is 23.8 Å². The average molecular weight is 688 g/mol. The van der Waals surface area contributed by atoms with Crippen molar-refractivity contribution < 1.29 is 18.0 Å². The van der Waals surface area contributed by atoms with Crippen molar-refractivity contribution in [1.29, 1.82) is 0 Å². The topological polar surface area (TPSA) is 120 Å². The molecule has 3 aromatic carbocycles. The van der Waals surface area contributed by atoms with E-state index in [1.54, 1.807) is 24.1 Å². The second-order valence-corrected chi connectivity index (χ2v) is 15.9. The summed E-state index contributed by atoms with van der Waals surface area (Å²) in [6.07, 6.45) is 2.42. The molecule has 3 N–H and O–H groups in total. The number of rotatable bonds is 8. The number of likely N-dealkylation sites (N-methyl/N-ethyl adjacent to an activating group) is 1. The Labute approximate surface area is 283 Å². The zero-order chi connectivity index (χ0) is 32.7. The first-order valence-corrected chi connectivity index (χ1v) is 18.3. The van der Waals surface area contributed by atoms with E-state index >= 15 is 0 Å². The number of benzodiazepines with no additional fused rings is 1. The van der Waals surface area contributed by atoms with Gasteiger partial charge in [0.05, 0.1) is 22.3 Å². The van der Waals surface area contributed by atoms with Gasteiger partial charge >= 0.3 is 0 Å². The smallest absolute Gasteiger partial charge is 0.266 e. The molecule has 1 aromatic heterocycles. The molecule has 0 radical (unpaired) electrons. The number of aliphatic imine (C=N–C) groups is 1. The summed E-state index contributed by atoms with van der Waals surface area (Å²) < 4.78 is 29.9. The van der Waals surface area contributed by atoms with Crippen molar-refractivity contribution >= 4 is 61.9 Å². The van der Waals surface area contributed by atoms with Crippen LogP contribution in [0.5, 0.6) is 0 Å². The number of para-hydroxylation sites is 1. The number of sulfonamides is 1. The van der Waals surface area contributed by atoms with Crippen LogP contribution < -0.4 is 20.3 Å². The van der Waals surface area contributed by atoms with Crippen molar-refractivity contribution in [2.24, 2.45) is 16.8 Å². The van der Waals surface area contributed by atoms with Crippen LogP contribution in [0.25, 0.3) is 0 Å². The highest BCUT2D eigenvalue weighted by molar-refractivity contribution is 7.91. The van der Waals surface area contributed by atoms with E-state index in [0.717, 1.165) is 53.0 Å². The molecule has 242 valence electrons. The van der Waals surface area contributed by atoms with Gasteiger partial charge in [0.25, 0.3) is 5.91 Å². The number of fused-ring (bicyclic) bond motifs is 4. The first kappa shape index (κ1) is 31.7. The van der Waals surface area contributed by atoms with Crippen molar-refractivity contribution in [3.63, 3.8) is 0 Å². The monoisotopic (exact) mass is 687 g/mol. The molecule has 2 bridgehead atoms. The molecule has 9 nitrogen and oxygen atoms in total. The fourth-order valence-electron chi connectivity index (χ4n) is 7.04. The number of hydrogen-bond acceptors (Lipinski definition) is 7. The van der Waals surface area contributed by atoms with E-state index in [1.165, 1.54) is 5.56 Å². The Bertz CT molecular complexity index is 1980. The van der Waals surface area contributed by atoms with Crippen molar-refractivity contribution in [3.05, 3.63) is 112 Å². The van der Waals surface area contributed by atoms with E-state index in [0.29, 0.717) is 22.2 Å². The second-order valence-electron chi connectivity index (χ2n) is 12.3. The van der Waals surface area contributed by atoms with Crippen LogP contribution in [0.4, 0.5) is 11.4 Å². The molecule has 4 atom stereocenters. The molecule has 1 fully saturated rings. The van der Waals surface area contributed by atoms with Crippen LogP contribution in [0.3, 0.4) is 0 Å². The molecule has 12 heteroatoms. The minimum absolute atomic E-state index is 0.121. The fraction of sp³-hybridized carbons (Fsp3) is 0.286. The number of carbonyl (C=O) groups excluding carboxylic acids is 2. The highest BCUT2D eigenvalue weighted by Gasteiger charge is 2.41. The minimum atomic E-state index is -3.67. The molecule has 4 aromatic rings. The number of amides is 2. The summed E-state index contributed by atoms with van der Waals surface area (Å²) in [5.74, 6) is -0.213. The first-order valence-electron chi connectivity index (χ1n) is 15.6. The summed E-state index contributed by atoms with van der Waals surface area (Å²) in [7, 11) is -1.95. The molecule has 2 amide bonds. The summed E-state index contributed by atoms with van der Waals surface area (Å²) in [5, 5.41) is 6.04. The lowest BCUT2D eigenvalue weighted by atomic mass is 9.93. The van der Waals surface area contributed by atoms with E-state index in [4.69, 9.17) is 16.6 Å². The van der Waals surface area contributed by atoms with Crippen molar-refractivity contribution in [1.82, 2.24) is 10.0 Å². The summed E-state index contributed by atoms with van der Waals surface area (Å²) >= 11 is 7.07. The standard InChI is InChI=1S/C35H34ClN5O4S2/c1-41-28-10-6-5-9-27(28)33(21-7-3-2-4-8-21)39-34(35(41)43)37-20-30(42)38-26-14-13-22-17-23-11-12-24(18-25(22)19-26)32(23)40-47(44,45)31-16-15-29(36)46-31/h2-10,13-16,19,23-24,32,34,37,40H,11-12,17-18,20H2,1H3,(H,38,42)/t23-,24+,32+,34-/m0/s1. The number of thiophene rings is 1. The number of hydrogen-bond donors (Lipinski definition) is 3. The Morgan fingerprint density at radius 1 is 0.957 bits per heavy atom. The van der Waals surface area contributed by atoms with Gasteiger partial charge in [-0.25, -0.2) is 13.1 Å². The van der Waals surface area contributed by atoms with Gasteiger partial charge in [0.2, 0.25) is 15.9 Å². The molecule has 3 aliphatic rings. The number of carbonyl (C=O) groups is 2. The van der Waals surface area contributed by atoms with Crippen LogP contribution in [-0.2, 0) is 32.5 Å². The van der Waals surface area contributed by atoms with Gasteiger partial charge in [0, 0.05) is 29.9 Å². The minimum Gasteiger partial charge on any atom is -0.325 e. The van der Waals surface area contributed by atoms with Gasteiger partial charge in [-0.05, 0) is 79.0 Å². The van der Waals surface area contributed by atoms with Crippen LogP contribution in [0, 0.1) is 11.8 Å². The van der Waals surface area contributed by atoms with Crippen LogP contribution in [0.2, 0.25) is 4.34 Å². The van der Waals surface area contributed by atoms with Gasteiger partial charge in [-0.2, -0.15) is 0 Å². The van der Waals surface area contributed by atoms with Gasteiger partial charge in [-0.15, -0.1) is 11.3 Å². The summed E-state index contributed by atoms with van der Waals surface area (Å²) in [6, 6.07) is 26.2. The van der Waals surface area contributed by atoms with Gasteiger partial charge in [-0.3, -0.25) is 19.9 Å². The molecular weight excluding hydrogens is 654 g/mol. The summed E-state index contributed by atoms with van der Waals surface area (Å²) in [5.41, 5.74) is 6.09. The third kappa shape index (κ3) is 6.50. The maximum absolute atomic E-state index is 13.5. The molecule has 1 saturated carbocycles. The number of nitrogens with one attached hydrogen (secondary N) is 3. The Kier molecular flexibility index (Phi) is 8.75. The normalized spacial score (nSPS) is 22.1. The Balaban J connectivity index is 1.04. The Morgan fingerprint density at radius 2 is 1.68 bits per heavy atom. The maximum atomic E-state index is 13.5. The van der Waals surface area contributed by atoms with Crippen LogP contribution in [0.1, 0.15) is 35.1 Å². The third-order valence-electron chi connectivity index (χ3n) is 9.33. The van der Waals surface area contributed by atoms with Crippen LogP contribution in [-0.4, -0.2) is 51.7 Å². The lowest BCUT2D eigenvalue weighted by Crippen LogP contribution is -2.46. The van der Waals surface area contributed by atoms with E-state index < -0.39 is 16.2 Å². The second kappa shape index (κ2) is 13.0. The summed E-state index contributed by atoms with van der Waals surface area (Å²) in [4.78, 5) is 33.1. The van der Waals surface area contributed by atoms with E-state index in [9.17, 15) is 18.0 Å². The number of nitrogens with zero attached hydrogens (tertiary/aromatic N) is 2. The lowest BCUT2D eigenvalue weighted by molar-refractivity contribution is -0.120. The quantitative estimate of drug-likeness (QED) is 0.234. The van der Waals surface area contributed by atoms with E-state index in [2.05, 4.69) is 15.4 Å². The van der Waals surface area contributed by atoms with E-state index in [-0.39, 0.29) is 40.4 Å². The van der Waals surface area contributed by atoms with Gasteiger partial charge in [0.15, 0.2) is 6.17 Å². The lowest BCUT2D eigenvalue weighted by Gasteiger charge is -2.23. The molecule has 2 heterocycles. The highest BCUT2D eigenvalue weighted by Crippen LogP contribution is 2.41. The Hall–Kier alpha value is -3.87. The zero-order valence-electron chi connectivity index (χ0n) is 25.6. The first-order chi connectivity index (χ1) is 22.7. The number of halogens is 1. The summed E-state index contributed by atoms with van der Waals surface area (Å²) in [6.45, 7) is -0.121. The van der Waals surface area contributed by atoms with Crippen LogP contribution >= 0.6 is 22.9 Å². The van der Waals surface area contributed by atoms with Crippen molar-refractivity contribution in [2.45, 2.75) is 42.1 Å². The molecule has 0 unspecified atom stereocenters. The van der Waals surface area contributed by atoms with E-state index in [1.807, 2.05) is 72.8 Å². The third-order valence-corrected chi connectivity index (χ3v) is 12.5. The van der Waals surface area contributed by atoms with Crippen molar-refractivity contribution in [3.8, 4) is 0 Å². The molecule has 1 aliphatic heterocycles. The molecule has 7 rings (SSSR count). The molecular formula is C35H34ClN5O4S2. The molecule has 2 aliphatic carbocycles. The highest BCUT2D eigenvalue weighted by atomic mass is 35.5. The number of anilines is 2. The molecule has 47 heavy (non-hydrogen) atoms. The SMILES string of the molecule is CN1C(=O)[C@@H](NCC(=O)Nc2ccc3c(c2)C[C@H]2CC[C@@H](C3)[C@H]2NS(=O)(=O)c2ccc(Cl)s2)N=C(c2ccccc2)c2ccccc21. The molecule has 0 saturated heterocycles. The maximum Gasteiger partial charge on any atom is 0.266 e. The number of benzene rings is 3. The van der Waals surface area contributed by atoms with Crippen LogP contribution in [0.15, 0.2) is 94.1 Å². The Morgan fingerprint density at radius 3 is 2.43 bits per heavy atom. The van der Waals surface area contributed by atoms with Gasteiger partial charge in [0.1, 0.15) is 4.21 Å². The molecule has 0 spiro atoms. The van der Waals surface area contributed by atoms with Gasteiger partial charge in [-0.1, -0.05) is 66.2 Å².